The highest BCUT2D eigenvalue weighted by Crippen LogP contribution is 2.25. The Labute approximate surface area is 114 Å². The summed E-state index contributed by atoms with van der Waals surface area (Å²) in [6, 6.07) is 0. The van der Waals surface area contributed by atoms with E-state index in [0.29, 0.717) is 18.1 Å². The van der Waals surface area contributed by atoms with Crippen LogP contribution in [-0.4, -0.2) is 34.2 Å². The van der Waals surface area contributed by atoms with Crippen LogP contribution in [0.2, 0.25) is 0 Å². The van der Waals surface area contributed by atoms with E-state index in [0.717, 1.165) is 50.3 Å². The average Bonchev–Trinajstić information content (AvgIpc) is 2.74. The summed E-state index contributed by atoms with van der Waals surface area (Å²) in [6.45, 7) is 3.16. The lowest BCUT2D eigenvalue weighted by atomic mass is 10.00. The minimum Gasteiger partial charge on any atom is -0.315 e. The maximum Gasteiger partial charge on any atom is 0.153 e. The molecule has 3 rings (SSSR count). The first-order chi connectivity index (χ1) is 9.06. The number of nitrogens with zero attached hydrogens (tertiary/aromatic N) is 3. The van der Waals surface area contributed by atoms with Gasteiger partial charge in [-0.2, -0.15) is 0 Å². The molecule has 3 heterocycles. The third kappa shape index (κ3) is 2.55. The predicted molar refractivity (Wildman–Crippen MR) is 72.6 cm³/mol. The summed E-state index contributed by atoms with van der Waals surface area (Å²) >= 11 is 0. The van der Waals surface area contributed by atoms with Gasteiger partial charge in [-0.25, -0.2) is 8.42 Å². The fraction of sp³-hybridized carbons (Fsp3) is 0.846. The van der Waals surface area contributed by atoms with Crippen LogP contribution < -0.4 is 0 Å². The normalized spacial score (nSPS) is 29.9. The zero-order valence-corrected chi connectivity index (χ0v) is 12.2. The van der Waals surface area contributed by atoms with E-state index in [-0.39, 0.29) is 5.25 Å². The number of hydrogen-bond acceptors (Lipinski definition) is 4. The van der Waals surface area contributed by atoms with Gasteiger partial charge in [-0.05, 0) is 25.2 Å². The van der Waals surface area contributed by atoms with E-state index in [2.05, 4.69) is 21.7 Å². The molecule has 19 heavy (non-hydrogen) atoms. The molecule has 1 fully saturated rings. The molecule has 0 spiro atoms. The van der Waals surface area contributed by atoms with E-state index in [4.69, 9.17) is 0 Å². The van der Waals surface area contributed by atoms with E-state index in [1.807, 2.05) is 0 Å². The smallest absolute Gasteiger partial charge is 0.153 e. The van der Waals surface area contributed by atoms with Crippen molar-refractivity contribution in [1.29, 1.82) is 0 Å². The summed E-state index contributed by atoms with van der Waals surface area (Å²) in [5.41, 5.74) is 0. The third-order valence-electron chi connectivity index (χ3n) is 4.40. The Balaban J connectivity index is 1.81. The van der Waals surface area contributed by atoms with Gasteiger partial charge in [0.2, 0.25) is 0 Å². The number of hydrogen-bond donors (Lipinski definition) is 0. The van der Waals surface area contributed by atoms with Crippen LogP contribution in [-0.2, 0) is 29.2 Å². The maximum absolute atomic E-state index is 12.1. The molecule has 1 aromatic heterocycles. The molecule has 2 atom stereocenters. The Kier molecular flexibility index (Phi) is 3.37. The molecule has 1 aromatic rings. The van der Waals surface area contributed by atoms with Crippen LogP contribution in [0.4, 0.5) is 0 Å². The molecule has 6 heteroatoms. The van der Waals surface area contributed by atoms with E-state index in [1.165, 1.54) is 0 Å². The first-order valence-electron chi connectivity index (χ1n) is 7.19. The molecule has 0 N–H and O–H groups in total. The largest absolute Gasteiger partial charge is 0.315 e. The second-order valence-electron chi connectivity index (χ2n) is 5.97. The Morgan fingerprint density at radius 1 is 1.26 bits per heavy atom. The Hall–Kier alpha value is -0.910. The van der Waals surface area contributed by atoms with Crippen LogP contribution in [0, 0.1) is 5.92 Å². The van der Waals surface area contributed by atoms with Crippen LogP contribution in [0.3, 0.4) is 0 Å². The van der Waals surface area contributed by atoms with Gasteiger partial charge in [-0.15, -0.1) is 10.2 Å². The van der Waals surface area contributed by atoms with E-state index < -0.39 is 9.84 Å². The van der Waals surface area contributed by atoms with Crippen molar-refractivity contribution in [2.45, 2.75) is 57.2 Å². The van der Waals surface area contributed by atoms with Crippen LogP contribution in [0.15, 0.2) is 0 Å². The minimum atomic E-state index is -2.92. The molecule has 2 unspecified atom stereocenters. The second kappa shape index (κ2) is 4.89. The molecule has 2 aliphatic rings. The van der Waals surface area contributed by atoms with Gasteiger partial charge < -0.3 is 4.57 Å². The number of rotatable bonds is 2. The molecule has 1 saturated heterocycles. The van der Waals surface area contributed by atoms with Gasteiger partial charge in [0, 0.05) is 19.4 Å². The molecular formula is C13H21N3O2S. The zero-order valence-electron chi connectivity index (χ0n) is 11.4. The number of sulfone groups is 1. The van der Waals surface area contributed by atoms with Gasteiger partial charge in [-0.1, -0.05) is 13.3 Å². The standard InChI is InChI=1S/C13H21N3O2S/c1-10-5-6-16-12(8-10)14-15-13(16)9-11-4-2-3-7-19(11,17)18/h10-11H,2-9H2,1H3. The molecule has 2 aliphatic heterocycles. The van der Waals surface area contributed by atoms with E-state index >= 15 is 0 Å². The maximum atomic E-state index is 12.1. The molecule has 0 bridgehead atoms. The summed E-state index contributed by atoms with van der Waals surface area (Å²) in [7, 11) is -2.92. The summed E-state index contributed by atoms with van der Waals surface area (Å²) in [5.74, 6) is 2.90. The van der Waals surface area contributed by atoms with Crippen molar-refractivity contribution >= 4 is 9.84 Å². The molecule has 0 saturated carbocycles. The number of fused-ring (bicyclic) bond motifs is 1. The van der Waals surface area contributed by atoms with Crippen molar-refractivity contribution in [3.63, 3.8) is 0 Å². The molecular weight excluding hydrogens is 262 g/mol. The summed E-state index contributed by atoms with van der Waals surface area (Å²) in [4.78, 5) is 0. The summed E-state index contributed by atoms with van der Waals surface area (Å²) < 4.78 is 26.3. The van der Waals surface area contributed by atoms with Crippen molar-refractivity contribution in [2.75, 3.05) is 5.75 Å². The van der Waals surface area contributed by atoms with Crippen LogP contribution in [0.25, 0.3) is 0 Å². The first-order valence-corrected chi connectivity index (χ1v) is 8.90. The lowest BCUT2D eigenvalue weighted by molar-refractivity contribution is 0.401. The fourth-order valence-corrected chi connectivity index (χ4v) is 5.02. The Morgan fingerprint density at radius 2 is 2.11 bits per heavy atom. The highest BCUT2D eigenvalue weighted by molar-refractivity contribution is 7.92. The van der Waals surface area contributed by atoms with Crippen molar-refractivity contribution in [2.24, 2.45) is 5.92 Å². The van der Waals surface area contributed by atoms with Gasteiger partial charge in [0.1, 0.15) is 11.6 Å². The summed E-state index contributed by atoms with van der Waals surface area (Å²) in [6.07, 6.45) is 5.25. The van der Waals surface area contributed by atoms with Gasteiger partial charge >= 0.3 is 0 Å². The fourth-order valence-electron chi connectivity index (χ4n) is 3.15. The Morgan fingerprint density at radius 3 is 2.89 bits per heavy atom. The topological polar surface area (TPSA) is 64.8 Å². The van der Waals surface area contributed by atoms with Crippen molar-refractivity contribution in [3.05, 3.63) is 11.6 Å². The van der Waals surface area contributed by atoms with Crippen LogP contribution in [0.1, 0.15) is 44.3 Å². The average molecular weight is 283 g/mol. The molecule has 5 nitrogen and oxygen atoms in total. The minimum absolute atomic E-state index is 0.242. The van der Waals surface area contributed by atoms with E-state index in [1.54, 1.807) is 0 Å². The predicted octanol–water partition coefficient (Wildman–Crippen LogP) is 1.37. The van der Waals surface area contributed by atoms with Gasteiger partial charge in [0.05, 0.1) is 11.0 Å². The molecule has 0 amide bonds. The molecule has 0 radical (unpaired) electrons. The molecule has 0 aromatic carbocycles. The highest BCUT2D eigenvalue weighted by atomic mass is 32.2. The van der Waals surface area contributed by atoms with Crippen molar-refractivity contribution in [3.8, 4) is 0 Å². The molecule has 106 valence electrons. The SMILES string of the molecule is CC1CCn2c(nnc2CC2CCCCS2(=O)=O)C1. The lowest BCUT2D eigenvalue weighted by Gasteiger charge is -2.24. The highest BCUT2D eigenvalue weighted by Gasteiger charge is 2.31. The van der Waals surface area contributed by atoms with Crippen LogP contribution in [0.5, 0.6) is 0 Å². The molecule has 0 aliphatic carbocycles. The van der Waals surface area contributed by atoms with Gasteiger partial charge in [-0.3, -0.25) is 0 Å². The van der Waals surface area contributed by atoms with E-state index in [9.17, 15) is 8.42 Å². The van der Waals surface area contributed by atoms with Crippen molar-refractivity contribution < 1.29 is 8.42 Å². The lowest BCUT2D eigenvalue weighted by Crippen LogP contribution is -2.31. The first kappa shape index (κ1) is 13.1. The second-order valence-corrected chi connectivity index (χ2v) is 8.37. The number of aromatic nitrogens is 3. The van der Waals surface area contributed by atoms with Crippen molar-refractivity contribution in [1.82, 2.24) is 14.8 Å². The van der Waals surface area contributed by atoms with Crippen LogP contribution >= 0.6 is 0 Å². The quantitative estimate of drug-likeness (QED) is 0.822. The summed E-state index contributed by atoms with van der Waals surface area (Å²) in [5, 5.41) is 8.24. The zero-order chi connectivity index (χ0) is 13.5. The Bertz CT molecular complexity index is 564. The van der Waals surface area contributed by atoms with Gasteiger partial charge in [0.25, 0.3) is 0 Å². The monoisotopic (exact) mass is 283 g/mol. The third-order valence-corrected chi connectivity index (χ3v) is 6.68. The van der Waals surface area contributed by atoms with Gasteiger partial charge in [0.15, 0.2) is 9.84 Å².